The zero-order chi connectivity index (χ0) is 12.5. The first-order valence-electron chi connectivity index (χ1n) is 6.57. The van der Waals surface area contributed by atoms with E-state index < -0.39 is 7.28 Å². The van der Waals surface area contributed by atoms with Crippen molar-refractivity contribution in [1.82, 2.24) is 0 Å². The maximum absolute atomic E-state index is 9.22. The second-order valence-corrected chi connectivity index (χ2v) is 8.83. The van der Waals surface area contributed by atoms with Crippen LogP contribution < -0.4 is 0 Å². The fraction of sp³-hybridized carbons (Fsp3) is 1.00. The molecule has 0 aromatic heterocycles. The summed E-state index contributed by atoms with van der Waals surface area (Å²) in [6.45, 7) is 3.38. The Kier molecular flexibility index (Phi) is 7.75. The third-order valence-corrected chi connectivity index (χ3v) is 4.15. The molecule has 0 aliphatic rings. The van der Waals surface area contributed by atoms with Crippen LogP contribution in [-0.2, 0) is 0 Å². The predicted molar refractivity (Wildman–Crippen MR) is 71.6 cm³/mol. The van der Waals surface area contributed by atoms with E-state index in [1.807, 2.05) is 0 Å². The average Bonchev–Trinajstić information content (AvgIpc) is 2.12. The number of hydrogen-bond donors (Lipinski definition) is 3. The van der Waals surface area contributed by atoms with Crippen LogP contribution in [0.5, 0.6) is 0 Å². The van der Waals surface area contributed by atoms with Crippen LogP contribution in [0.3, 0.4) is 0 Å². The van der Waals surface area contributed by atoms with E-state index >= 15 is 0 Å². The molecule has 16 heavy (non-hydrogen) atoms. The van der Waals surface area contributed by atoms with Crippen LogP contribution >= 0.6 is 7.28 Å². The van der Waals surface area contributed by atoms with Crippen molar-refractivity contribution in [3.63, 3.8) is 0 Å². The molecular weight excluding hydrogens is 223 g/mol. The van der Waals surface area contributed by atoms with Crippen molar-refractivity contribution in [3.05, 3.63) is 0 Å². The molecule has 0 bridgehead atoms. The summed E-state index contributed by atoms with van der Waals surface area (Å²) in [4.78, 5) is 27.7. The number of hydrogen-bond acceptors (Lipinski definition) is 3. The van der Waals surface area contributed by atoms with Gasteiger partial charge >= 0.3 is 99.5 Å². The second-order valence-electron chi connectivity index (χ2n) is 5.16. The monoisotopic (exact) mass is 252 g/mol. The fourth-order valence-corrected chi connectivity index (χ4v) is 2.76. The van der Waals surface area contributed by atoms with Gasteiger partial charge in [-0.15, -0.1) is 0 Å². The molecule has 100 valence electrons. The SMILES string of the molecule is CCCCCCCCCCCP(C)(O)(O)O. The van der Waals surface area contributed by atoms with Gasteiger partial charge in [-0.25, -0.2) is 0 Å². The molecule has 3 nitrogen and oxygen atoms in total. The van der Waals surface area contributed by atoms with Crippen molar-refractivity contribution < 1.29 is 14.7 Å². The van der Waals surface area contributed by atoms with E-state index in [2.05, 4.69) is 6.92 Å². The van der Waals surface area contributed by atoms with Gasteiger partial charge in [0.15, 0.2) is 0 Å². The van der Waals surface area contributed by atoms with Crippen LogP contribution in [-0.4, -0.2) is 27.5 Å². The van der Waals surface area contributed by atoms with Gasteiger partial charge in [0.1, 0.15) is 0 Å². The Morgan fingerprint density at radius 3 is 1.44 bits per heavy atom. The molecule has 0 unspecified atom stereocenters. The number of rotatable bonds is 10. The Hall–Kier alpha value is 0.310. The predicted octanol–water partition coefficient (Wildman–Crippen LogP) is 3.42. The van der Waals surface area contributed by atoms with Gasteiger partial charge in [-0.05, 0) is 0 Å². The van der Waals surface area contributed by atoms with E-state index in [4.69, 9.17) is 0 Å². The average molecular weight is 252 g/mol. The van der Waals surface area contributed by atoms with Crippen LogP contribution in [0.1, 0.15) is 64.7 Å². The normalized spacial score (nSPS) is 14.7. The molecule has 0 saturated heterocycles. The van der Waals surface area contributed by atoms with Crippen molar-refractivity contribution in [2.75, 3.05) is 12.8 Å². The molecular formula is C12H29O3P. The second kappa shape index (κ2) is 7.60. The minimum atomic E-state index is -4.20. The first kappa shape index (κ1) is 16.3. The van der Waals surface area contributed by atoms with Crippen molar-refractivity contribution in [1.29, 1.82) is 0 Å². The summed E-state index contributed by atoms with van der Waals surface area (Å²) in [5, 5.41) is 0. The van der Waals surface area contributed by atoms with Gasteiger partial charge in [0.2, 0.25) is 0 Å². The summed E-state index contributed by atoms with van der Waals surface area (Å²) in [5.74, 6) is 0. The molecule has 0 saturated carbocycles. The fourth-order valence-electron chi connectivity index (χ4n) is 1.79. The molecule has 0 rings (SSSR count). The standard InChI is InChI=1S/C12H29O3P/c1-3-4-5-6-7-8-9-10-11-12-16(2,13,14)15/h13-15H,3-12H2,1-2H3. The third kappa shape index (κ3) is 14.3. The van der Waals surface area contributed by atoms with Gasteiger partial charge in [-0.2, -0.15) is 0 Å². The Bertz CT molecular complexity index is 166. The van der Waals surface area contributed by atoms with E-state index in [9.17, 15) is 14.7 Å². The van der Waals surface area contributed by atoms with Gasteiger partial charge in [-0.1, -0.05) is 0 Å². The summed E-state index contributed by atoms with van der Waals surface area (Å²) in [5.41, 5.74) is 0. The molecule has 0 aliphatic heterocycles. The molecule has 0 aliphatic carbocycles. The zero-order valence-electron chi connectivity index (χ0n) is 10.9. The van der Waals surface area contributed by atoms with Gasteiger partial charge in [0.25, 0.3) is 0 Å². The quantitative estimate of drug-likeness (QED) is 0.412. The molecule has 0 spiro atoms. The van der Waals surface area contributed by atoms with Crippen molar-refractivity contribution in [2.24, 2.45) is 0 Å². The van der Waals surface area contributed by atoms with Gasteiger partial charge in [0.05, 0.1) is 0 Å². The van der Waals surface area contributed by atoms with Crippen molar-refractivity contribution in [2.45, 2.75) is 64.7 Å². The molecule has 4 heteroatoms. The van der Waals surface area contributed by atoms with Crippen LogP contribution in [0, 0.1) is 0 Å². The van der Waals surface area contributed by atoms with Gasteiger partial charge in [0, 0.05) is 0 Å². The molecule has 0 atom stereocenters. The first-order chi connectivity index (χ1) is 7.31. The number of unbranched alkanes of at least 4 members (excludes halogenated alkanes) is 8. The van der Waals surface area contributed by atoms with E-state index in [-0.39, 0.29) is 6.16 Å². The zero-order valence-corrected chi connectivity index (χ0v) is 11.8. The molecule has 3 N–H and O–H groups in total. The molecule has 0 heterocycles. The Balaban J connectivity index is 3.17. The van der Waals surface area contributed by atoms with E-state index in [1.165, 1.54) is 38.5 Å². The molecule has 0 aromatic carbocycles. The third-order valence-electron chi connectivity index (χ3n) is 2.79. The summed E-state index contributed by atoms with van der Waals surface area (Å²) >= 11 is 0. The molecule has 0 aromatic rings. The van der Waals surface area contributed by atoms with Gasteiger partial charge in [-0.3, -0.25) is 0 Å². The molecule has 0 amide bonds. The topological polar surface area (TPSA) is 60.7 Å². The summed E-state index contributed by atoms with van der Waals surface area (Å²) in [7, 11) is -4.20. The van der Waals surface area contributed by atoms with Crippen LogP contribution in [0.15, 0.2) is 0 Å². The van der Waals surface area contributed by atoms with E-state index in [1.54, 1.807) is 0 Å². The van der Waals surface area contributed by atoms with Crippen molar-refractivity contribution >= 4 is 7.28 Å². The van der Waals surface area contributed by atoms with E-state index in [0.29, 0.717) is 6.42 Å². The molecule has 0 fully saturated rings. The Labute approximate surface area is 100 Å². The Morgan fingerprint density at radius 2 is 1.06 bits per heavy atom. The van der Waals surface area contributed by atoms with Gasteiger partial charge < -0.3 is 0 Å². The van der Waals surface area contributed by atoms with Crippen LogP contribution in [0.25, 0.3) is 0 Å². The van der Waals surface area contributed by atoms with Crippen LogP contribution in [0.2, 0.25) is 0 Å². The summed E-state index contributed by atoms with van der Waals surface area (Å²) in [6.07, 6.45) is 10.8. The van der Waals surface area contributed by atoms with E-state index in [0.717, 1.165) is 19.5 Å². The maximum atomic E-state index is 9.22. The summed E-state index contributed by atoms with van der Waals surface area (Å²) in [6, 6.07) is 0. The van der Waals surface area contributed by atoms with Crippen molar-refractivity contribution in [3.8, 4) is 0 Å². The van der Waals surface area contributed by atoms with Crippen LogP contribution in [0.4, 0.5) is 0 Å². The minimum absolute atomic E-state index is 0.154. The Morgan fingerprint density at radius 1 is 0.688 bits per heavy atom. The summed E-state index contributed by atoms with van der Waals surface area (Å²) < 4.78 is 0. The molecule has 0 radical (unpaired) electrons. The first-order valence-corrected chi connectivity index (χ1v) is 9.30.